The number of rotatable bonds is 5. The van der Waals surface area contributed by atoms with Crippen LogP contribution in [-0.2, 0) is 13.6 Å². The number of nitriles is 1. The van der Waals surface area contributed by atoms with Crippen LogP contribution in [0.4, 0.5) is 0 Å². The van der Waals surface area contributed by atoms with Crippen molar-refractivity contribution in [3.05, 3.63) is 53.6 Å². The Morgan fingerprint density at radius 3 is 2.74 bits per heavy atom. The topological polar surface area (TPSA) is 73.9 Å². The molecule has 1 aromatic heterocycles. The minimum Gasteiger partial charge on any atom is -0.387 e. The van der Waals surface area contributed by atoms with Crippen LogP contribution >= 0.6 is 0 Å². The van der Waals surface area contributed by atoms with Crippen LogP contribution in [0.2, 0.25) is 0 Å². The molecule has 2 N–H and O–H groups in total. The summed E-state index contributed by atoms with van der Waals surface area (Å²) in [6.07, 6.45) is 3.04. The molecule has 0 radical (unpaired) electrons. The Bertz CT molecular complexity index is 568. The summed E-state index contributed by atoms with van der Waals surface area (Å²) in [7, 11) is 1.93. The second kappa shape index (κ2) is 6.14. The van der Waals surface area contributed by atoms with E-state index in [1.807, 2.05) is 17.8 Å². The molecule has 19 heavy (non-hydrogen) atoms. The molecule has 0 amide bonds. The molecule has 0 spiro atoms. The third kappa shape index (κ3) is 3.41. The molecule has 1 atom stereocenters. The van der Waals surface area contributed by atoms with Crippen molar-refractivity contribution in [1.29, 1.82) is 5.26 Å². The third-order valence-electron chi connectivity index (χ3n) is 2.97. The van der Waals surface area contributed by atoms with Crippen molar-refractivity contribution < 1.29 is 5.11 Å². The standard InChI is InChI=1S/C14H16N4O/c1-18-7-6-17-14(18)10-16-9-13(19)12-4-2-11(8-15)3-5-12/h2-7,13,16,19H,9-10H2,1H3. The molecule has 0 bridgehead atoms. The van der Waals surface area contributed by atoms with Crippen LogP contribution in [0.25, 0.3) is 0 Å². The Morgan fingerprint density at radius 2 is 2.16 bits per heavy atom. The van der Waals surface area contributed by atoms with Gasteiger partial charge in [0.2, 0.25) is 0 Å². The molecule has 0 fully saturated rings. The third-order valence-corrected chi connectivity index (χ3v) is 2.97. The number of nitrogens with zero attached hydrogens (tertiary/aromatic N) is 3. The van der Waals surface area contributed by atoms with Crippen molar-refractivity contribution in [2.24, 2.45) is 7.05 Å². The van der Waals surface area contributed by atoms with Gasteiger partial charge in [0.15, 0.2) is 0 Å². The Balaban J connectivity index is 1.85. The number of imidazole rings is 1. The first-order valence-corrected chi connectivity index (χ1v) is 6.05. The highest BCUT2D eigenvalue weighted by Gasteiger charge is 2.07. The number of benzene rings is 1. The van der Waals surface area contributed by atoms with Gasteiger partial charge in [0, 0.05) is 26.0 Å². The number of aryl methyl sites for hydroxylation is 1. The number of aromatic nitrogens is 2. The lowest BCUT2D eigenvalue weighted by atomic mass is 10.1. The van der Waals surface area contributed by atoms with Crippen molar-refractivity contribution in [3.8, 4) is 6.07 Å². The summed E-state index contributed by atoms with van der Waals surface area (Å²) >= 11 is 0. The summed E-state index contributed by atoms with van der Waals surface area (Å²) in [5, 5.41) is 21.9. The van der Waals surface area contributed by atoms with Gasteiger partial charge in [-0.05, 0) is 17.7 Å². The molecule has 0 aliphatic heterocycles. The average Bonchev–Trinajstić information content (AvgIpc) is 2.84. The van der Waals surface area contributed by atoms with Crippen LogP contribution in [-0.4, -0.2) is 21.2 Å². The number of hydrogen-bond donors (Lipinski definition) is 2. The van der Waals surface area contributed by atoms with Crippen molar-refractivity contribution in [2.75, 3.05) is 6.54 Å². The molecular formula is C14H16N4O. The quantitative estimate of drug-likeness (QED) is 0.840. The monoisotopic (exact) mass is 256 g/mol. The average molecular weight is 256 g/mol. The minimum atomic E-state index is -0.590. The van der Waals surface area contributed by atoms with E-state index in [1.54, 1.807) is 30.5 Å². The maximum atomic E-state index is 10.0. The lowest BCUT2D eigenvalue weighted by Gasteiger charge is -2.12. The minimum absolute atomic E-state index is 0.443. The van der Waals surface area contributed by atoms with Gasteiger partial charge in [-0.15, -0.1) is 0 Å². The molecule has 0 saturated heterocycles. The molecule has 5 nitrogen and oxygen atoms in total. The fraction of sp³-hybridized carbons (Fsp3) is 0.286. The lowest BCUT2D eigenvalue weighted by Crippen LogP contribution is -2.22. The first-order chi connectivity index (χ1) is 9.20. The van der Waals surface area contributed by atoms with Gasteiger partial charge in [0.05, 0.1) is 24.3 Å². The van der Waals surface area contributed by atoms with E-state index in [0.29, 0.717) is 18.7 Å². The van der Waals surface area contributed by atoms with Gasteiger partial charge in [0.25, 0.3) is 0 Å². The van der Waals surface area contributed by atoms with Crippen molar-refractivity contribution >= 4 is 0 Å². The SMILES string of the molecule is Cn1ccnc1CNCC(O)c1ccc(C#N)cc1. The number of aliphatic hydroxyl groups is 1. The van der Waals surface area contributed by atoms with E-state index in [1.165, 1.54) is 0 Å². The van der Waals surface area contributed by atoms with E-state index >= 15 is 0 Å². The van der Waals surface area contributed by atoms with Gasteiger partial charge < -0.3 is 15.0 Å². The van der Waals surface area contributed by atoms with Gasteiger partial charge >= 0.3 is 0 Å². The fourth-order valence-corrected chi connectivity index (χ4v) is 1.79. The summed E-state index contributed by atoms with van der Waals surface area (Å²) in [5.74, 6) is 0.923. The van der Waals surface area contributed by atoms with Crippen LogP contribution < -0.4 is 5.32 Å². The zero-order chi connectivity index (χ0) is 13.7. The fourth-order valence-electron chi connectivity index (χ4n) is 1.79. The number of hydrogen-bond acceptors (Lipinski definition) is 4. The molecule has 5 heteroatoms. The van der Waals surface area contributed by atoms with E-state index in [2.05, 4.69) is 16.4 Å². The van der Waals surface area contributed by atoms with Crippen LogP contribution in [0.15, 0.2) is 36.7 Å². The van der Waals surface area contributed by atoms with Crippen LogP contribution in [0.3, 0.4) is 0 Å². The second-order valence-corrected chi connectivity index (χ2v) is 4.33. The molecule has 1 unspecified atom stereocenters. The summed E-state index contributed by atoms with van der Waals surface area (Å²) in [6, 6.07) is 9.00. The Labute approximate surface area is 112 Å². The number of aliphatic hydroxyl groups excluding tert-OH is 1. The summed E-state index contributed by atoms with van der Waals surface area (Å²) in [4.78, 5) is 4.19. The van der Waals surface area contributed by atoms with E-state index in [4.69, 9.17) is 5.26 Å². The molecule has 1 heterocycles. The Morgan fingerprint density at radius 1 is 1.42 bits per heavy atom. The van der Waals surface area contributed by atoms with E-state index in [9.17, 15) is 5.11 Å². The Kier molecular flexibility index (Phi) is 4.29. The van der Waals surface area contributed by atoms with Crippen molar-refractivity contribution in [2.45, 2.75) is 12.6 Å². The van der Waals surface area contributed by atoms with Gasteiger partial charge in [-0.3, -0.25) is 0 Å². The zero-order valence-corrected chi connectivity index (χ0v) is 10.7. The smallest absolute Gasteiger partial charge is 0.122 e. The molecule has 0 aliphatic carbocycles. The summed E-state index contributed by atoms with van der Waals surface area (Å²) in [6.45, 7) is 1.05. The second-order valence-electron chi connectivity index (χ2n) is 4.33. The van der Waals surface area contributed by atoms with Crippen LogP contribution in [0.1, 0.15) is 23.1 Å². The molecule has 1 aromatic carbocycles. The maximum absolute atomic E-state index is 10.0. The van der Waals surface area contributed by atoms with Crippen LogP contribution in [0, 0.1) is 11.3 Å². The highest BCUT2D eigenvalue weighted by Crippen LogP contribution is 2.12. The first-order valence-electron chi connectivity index (χ1n) is 6.05. The Hall–Kier alpha value is -2.16. The van der Waals surface area contributed by atoms with Gasteiger partial charge in [-0.25, -0.2) is 4.98 Å². The predicted octanol–water partition coefficient (Wildman–Crippen LogP) is 1.11. The zero-order valence-electron chi connectivity index (χ0n) is 10.7. The van der Waals surface area contributed by atoms with Crippen molar-refractivity contribution in [3.63, 3.8) is 0 Å². The molecule has 98 valence electrons. The lowest BCUT2D eigenvalue weighted by molar-refractivity contribution is 0.174. The van der Waals surface area contributed by atoms with E-state index in [0.717, 1.165) is 11.4 Å². The van der Waals surface area contributed by atoms with Gasteiger partial charge in [0.1, 0.15) is 5.82 Å². The van der Waals surface area contributed by atoms with Gasteiger partial charge in [-0.2, -0.15) is 5.26 Å². The highest BCUT2D eigenvalue weighted by atomic mass is 16.3. The molecule has 0 aliphatic rings. The largest absolute Gasteiger partial charge is 0.387 e. The van der Waals surface area contributed by atoms with Crippen LogP contribution in [0.5, 0.6) is 0 Å². The maximum Gasteiger partial charge on any atom is 0.122 e. The normalized spacial score (nSPS) is 12.1. The molecule has 2 rings (SSSR count). The molecular weight excluding hydrogens is 240 g/mol. The molecule has 2 aromatic rings. The van der Waals surface area contributed by atoms with E-state index < -0.39 is 6.10 Å². The summed E-state index contributed by atoms with van der Waals surface area (Å²) < 4.78 is 1.93. The van der Waals surface area contributed by atoms with Gasteiger partial charge in [-0.1, -0.05) is 12.1 Å². The number of nitrogens with one attached hydrogen (secondary N) is 1. The first kappa shape index (κ1) is 13.3. The predicted molar refractivity (Wildman–Crippen MR) is 71.0 cm³/mol. The highest BCUT2D eigenvalue weighted by molar-refractivity contribution is 5.32. The summed E-state index contributed by atoms with van der Waals surface area (Å²) in [5.41, 5.74) is 1.39. The van der Waals surface area contributed by atoms with E-state index in [-0.39, 0.29) is 0 Å². The van der Waals surface area contributed by atoms with Crippen molar-refractivity contribution in [1.82, 2.24) is 14.9 Å². The molecule has 0 saturated carbocycles.